The fourth-order valence-electron chi connectivity index (χ4n) is 1.42. The van der Waals surface area contributed by atoms with Gasteiger partial charge in [0.2, 0.25) is 5.91 Å². The lowest BCUT2D eigenvalue weighted by Crippen LogP contribution is -2.40. The molecule has 0 saturated carbocycles. The zero-order valence-corrected chi connectivity index (χ0v) is 7.99. The van der Waals surface area contributed by atoms with E-state index in [0.29, 0.717) is 19.4 Å². The van der Waals surface area contributed by atoms with Crippen LogP contribution in [0.5, 0.6) is 0 Å². The van der Waals surface area contributed by atoms with Crippen molar-refractivity contribution in [1.82, 2.24) is 4.90 Å². The molecule has 1 saturated heterocycles. The lowest BCUT2D eigenvalue weighted by Gasteiger charge is -2.23. The molecule has 0 spiro atoms. The predicted molar refractivity (Wildman–Crippen MR) is 46.1 cm³/mol. The molecule has 0 bridgehead atoms. The van der Waals surface area contributed by atoms with Crippen LogP contribution >= 0.6 is 11.6 Å². The summed E-state index contributed by atoms with van der Waals surface area (Å²) in [4.78, 5) is 12.2. The van der Waals surface area contributed by atoms with Crippen LogP contribution < -0.4 is 0 Å². The summed E-state index contributed by atoms with van der Waals surface area (Å²) in [6, 6.07) is 0. The molecule has 1 heterocycles. The highest BCUT2D eigenvalue weighted by atomic mass is 35.5. The third kappa shape index (κ3) is 3.10. The van der Waals surface area contributed by atoms with E-state index < -0.39 is 18.4 Å². The minimum absolute atomic E-state index is 0.126. The highest BCUT2D eigenvalue weighted by Gasteiger charge is 2.34. The van der Waals surface area contributed by atoms with Gasteiger partial charge >= 0.3 is 0 Å². The number of nitrogens with zero attached hydrogens (tertiary/aromatic N) is 1. The van der Waals surface area contributed by atoms with Gasteiger partial charge in [-0.05, 0) is 12.8 Å². The van der Waals surface area contributed by atoms with Gasteiger partial charge in [-0.2, -0.15) is 0 Å². The molecule has 0 aliphatic carbocycles. The van der Waals surface area contributed by atoms with Gasteiger partial charge in [0.05, 0.1) is 6.54 Å². The number of rotatable bonds is 1. The highest BCUT2D eigenvalue weighted by molar-refractivity contribution is 6.27. The molecule has 0 radical (unpaired) electrons. The molecule has 0 N–H and O–H groups in total. The Kier molecular flexibility index (Phi) is 3.47. The summed E-state index contributed by atoms with van der Waals surface area (Å²) >= 11 is 5.30. The maximum atomic E-state index is 13.0. The van der Waals surface area contributed by atoms with Crippen LogP contribution in [0.4, 0.5) is 8.78 Å². The maximum Gasteiger partial charge on any atom is 0.265 e. The lowest BCUT2D eigenvalue weighted by molar-refractivity contribution is -0.133. The van der Waals surface area contributed by atoms with Gasteiger partial charge in [0, 0.05) is 13.0 Å². The van der Waals surface area contributed by atoms with E-state index in [4.69, 9.17) is 11.6 Å². The number of alkyl halides is 3. The van der Waals surface area contributed by atoms with Crippen molar-refractivity contribution in [3.63, 3.8) is 0 Å². The number of hydrogen-bond donors (Lipinski definition) is 0. The van der Waals surface area contributed by atoms with Gasteiger partial charge in [-0.15, -0.1) is 11.6 Å². The Hall–Kier alpha value is -0.380. The first-order valence-corrected chi connectivity index (χ1v) is 4.80. The van der Waals surface area contributed by atoms with E-state index in [1.807, 2.05) is 0 Å². The Morgan fingerprint density at radius 3 is 2.77 bits per heavy atom. The van der Waals surface area contributed by atoms with Crippen LogP contribution in [0.3, 0.4) is 0 Å². The molecule has 1 aliphatic rings. The van der Waals surface area contributed by atoms with Gasteiger partial charge in [0.25, 0.3) is 5.92 Å². The van der Waals surface area contributed by atoms with Crippen molar-refractivity contribution >= 4 is 17.5 Å². The van der Waals surface area contributed by atoms with Crippen LogP contribution in [0.15, 0.2) is 0 Å². The second-order valence-corrected chi connectivity index (χ2v) is 3.53. The van der Waals surface area contributed by atoms with Crippen LogP contribution in [-0.2, 0) is 4.79 Å². The van der Waals surface area contributed by atoms with E-state index in [1.165, 1.54) is 0 Å². The maximum absolute atomic E-state index is 13.0. The zero-order valence-electron chi connectivity index (χ0n) is 7.23. The van der Waals surface area contributed by atoms with Crippen LogP contribution in [0.2, 0.25) is 0 Å². The van der Waals surface area contributed by atoms with Crippen molar-refractivity contribution in [2.45, 2.75) is 25.2 Å². The van der Waals surface area contributed by atoms with Crippen molar-refractivity contribution in [3.05, 3.63) is 0 Å². The number of hydrogen-bond acceptors (Lipinski definition) is 1. The van der Waals surface area contributed by atoms with E-state index in [0.717, 1.165) is 4.90 Å². The van der Waals surface area contributed by atoms with Crippen LogP contribution in [0.1, 0.15) is 19.3 Å². The molecule has 2 nitrogen and oxygen atoms in total. The summed E-state index contributed by atoms with van der Waals surface area (Å²) in [5, 5.41) is 0. The molecule has 1 aliphatic heterocycles. The topological polar surface area (TPSA) is 20.3 Å². The van der Waals surface area contributed by atoms with Crippen LogP contribution in [0, 0.1) is 0 Å². The molecule has 0 aromatic carbocycles. The molecule has 1 fully saturated rings. The Balaban J connectivity index is 2.59. The number of halogens is 3. The second kappa shape index (κ2) is 4.22. The molecule has 0 atom stereocenters. The van der Waals surface area contributed by atoms with Crippen molar-refractivity contribution < 1.29 is 13.6 Å². The Labute approximate surface area is 80.8 Å². The van der Waals surface area contributed by atoms with E-state index in [-0.39, 0.29) is 12.3 Å². The van der Waals surface area contributed by atoms with Crippen molar-refractivity contribution in [1.29, 1.82) is 0 Å². The highest BCUT2D eigenvalue weighted by Crippen LogP contribution is 2.26. The summed E-state index contributed by atoms with van der Waals surface area (Å²) in [5.41, 5.74) is 0. The molecule has 0 aromatic heterocycles. The van der Waals surface area contributed by atoms with Crippen LogP contribution in [0.25, 0.3) is 0 Å². The van der Waals surface area contributed by atoms with E-state index >= 15 is 0 Å². The third-order valence-electron chi connectivity index (χ3n) is 2.11. The fraction of sp³-hybridized carbons (Fsp3) is 0.875. The number of carbonyl (C=O) groups is 1. The molecular weight excluding hydrogens is 200 g/mol. The minimum Gasteiger partial charge on any atom is -0.336 e. The van der Waals surface area contributed by atoms with Crippen molar-refractivity contribution in [3.8, 4) is 0 Å². The Morgan fingerprint density at radius 1 is 1.46 bits per heavy atom. The van der Waals surface area contributed by atoms with Gasteiger partial charge in [-0.3, -0.25) is 4.79 Å². The molecule has 13 heavy (non-hydrogen) atoms. The van der Waals surface area contributed by atoms with Gasteiger partial charge in [0.15, 0.2) is 0 Å². The first-order valence-electron chi connectivity index (χ1n) is 4.27. The van der Waals surface area contributed by atoms with E-state index in [2.05, 4.69) is 0 Å². The quantitative estimate of drug-likeness (QED) is 0.607. The minimum atomic E-state index is -2.74. The molecule has 1 rings (SSSR count). The second-order valence-electron chi connectivity index (χ2n) is 3.26. The Bertz CT molecular complexity index is 199. The van der Waals surface area contributed by atoms with E-state index in [1.54, 1.807) is 0 Å². The predicted octanol–water partition coefficient (Wildman–Crippen LogP) is 1.87. The third-order valence-corrected chi connectivity index (χ3v) is 2.34. The average molecular weight is 212 g/mol. The lowest BCUT2D eigenvalue weighted by atomic mass is 10.2. The van der Waals surface area contributed by atoms with Crippen molar-refractivity contribution in [2.75, 3.05) is 19.0 Å². The molecule has 76 valence electrons. The summed E-state index contributed by atoms with van der Waals surface area (Å²) < 4.78 is 25.9. The molecule has 0 unspecified atom stereocenters. The molecule has 5 heteroatoms. The first kappa shape index (κ1) is 10.7. The SMILES string of the molecule is O=C(CCl)N1CCCCC(F)(F)C1. The monoisotopic (exact) mass is 211 g/mol. The molecular formula is C8H12ClF2NO. The first-order chi connectivity index (χ1) is 6.05. The van der Waals surface area contributed by atoms with Gasteiger partial charge < -0.3 is 4.90 Å². The summed E-state index contributed by atoms with van der Waals surface area (Å²) in [5.74, 6) is -3.35. The van der Waals surface area contributed by atoms with Gasteiger partial charge in [0.1, 0.15) is 5.88 Å². The van der Waals surface area contributed by atoms with Crippen molar-refractivity contribution in [2.24, 2.45) is 0 Å². The summed E-state index contributed by atoms with van der Waals surface area (Å²) in [7, 11) is 0. The zero-order chi connectivity index (χ0) is 9.90. The molecule has 1 amide bonds. The van der Waals surface area contributed by atoms with Crippen LogP contribution in [-0.4, -0.2) is 35.7 Å². The average Bonchev–Trinajstić information content (AvgIpc) is 2.25. The number of amides is 1. The number of likely N-dealkylation sites (tertiary alicyclic amines) is 1. The van der Waals surface area contributed by atoms with Gasteiger partial charge in [-0.1, -0.05) is 0 Å². The standard InChI is InChI=1S/C8H12ClF2NO/c9-5-7(13)12-4-2-1-3-8(10,11)6-12/h1-6H2. The fourth-order valence-corrected chi connectivity index (χ4v) is 1.59. The molecule has 0 aromatic rings. The smallest absolute Gasteiger partial charge is 0.265 e. The normalized spacial score (nSPS) is 22.5. The summed E-state index contributed by atoms with van der Waals surface area (Å²) in [6.07, 6.45) is 0.982. The largest absolute Gasteiger partial charge is 0.336 e. The van der Waals surface area contributed by atoms with Gasteiger partial charge in [-0.25, -0.2) is 8.78 Å². The Morgan fingerprint density at radius 2 is 2.15 bits per heavy atom. The van der Waals surface area contributed by atoms with E-state index in [9.17, 15) is 13.6 Å². The number of carbonyl (C=O) groups excluding carboxylic acids is 1. The summed E-state index contributed by atoms with van der Waals surface area (Å²) in [6.45, 7) is -0.0697.